The summed E-state index contributed by atoms with van der Waals surface area (Å²) in [5.74, 6) is -0.121. The smallest absolute Gasteiger partial charge is 0.253 e. The van der Waals surface area contributed by atoms with E-state index in [1.807, 2.05) is 6.92 Å². The van der Waals surface area contributed by atoms with Crippen LogP contribution in [0.1, 0.15) is 49.4 Å². The molecule has 5 N–H and O–H groups in total. The van der Waals surface area contributed by atoms with Crippen LogP contribution >= 0.6 is 0 Å². The normalized spacial score (nSPS) is 17.2. The molecule has 0 heterocycles. The molecule has 0 bridgehead atoms. The number of hydrogen-bond acceptors (Lipinski definition) is 4. The molecule has 1 fully saturated rings. The first kappa shape index (κ1) is 15.6. The first-order valence-electron chi connectivity index (χ1n) is 7.67. The zero-order valence-corrected chi connectivity index (χ0v) is 12.6. The number of nitrogen functional groups attached to an aromatic ring is 1. The molecule has 5 heteroatoms. The van der Waals surface area contributed by atoms with Crippen LogP contribution in [0.2, 0.25) is 0 Å². The van der Waals surface area contributed by atoms with E-state index in [2.05, 4.69) is 10.6 Å². The lowest BCUT2D eigenvalue weighted by Crippen LogP contribution is -2.44. The van der Waals surface area contributed by atoms with Crippen molar-refractivity contribution in [3.8, 4) is 0 Å². The summed E-state index contributed by atoms with van der Waals surface area (Å²) in [5.41, 5.74) is 7.40. The second kappa shape index (κ2) is 6.80. The minimum Gasteiger partial charge on any atom is -0.399 e. The first-order chi connectivity index (χ1) is 10.1. The average molecular weight is 291 g/mol. The van der Waals surface area contributed by atoms with Gasteiger partial charge in [-0.05, 0) is 38.0 Å². The van der Waals surface area contributed by atoms with E-state index in [-0.39, 0.29) is 18.1 Å². The van der Waals surface area contributed by atoms with Gasteiger partial charge in [-0.25, -0.2) is 0 Å². The maximum atomic E-state index is 12.2. The van der Waals surface area contributed by atoms with Gasteiger partial charge in [0.25, 0.3) is 5.91 Å². The molecule has 1 amide bonds. The van der Waals surface area contributed by atoms with Crippen LogP contribution in [-0.2, 0) is 0 Å². The molecule has 116 valence electrons. The number of carbonyl (C=O) groups excluding carboxylic acids is 1. The molecule has 1 aromatic carbocycles. The fourth-order valence-electron chi connectivity index (χ4n) is 2.96. The molecule has 0 aliphatic heterocycles. The van der Waals surface area contributed by atoms with E-state index in [0.29, 0.717) is 23.5 Å². The Bertz CT molecular complexity index is 496. The summed E-state index contributed by atoms with van der Waals surface area (Å²) < 4.78 is 0. The van der Waals surface area contributed by atoms with Crippen molar-refractivity contribution in [2.45, 2.75) is 44.6 Å². The van der Waals surface area contributed by atoms with Crippen LogP contribution in [0.5, 0.6) is 0 Å². The van der Waals surface area contributed by atoms with Crippen LogP contribution in [0.15, 0.2) is 18.2 Å². The highest BCUT2D eigenvalue weighted by molar-refractivity contribution is 6.00. The van der Waals surface area contributed by atoms with Crippen molar-refractivity contribution in [3.05, 3.63) is 23.8 Å². The molecule has 0 saturated heterocycles. The van der Waals surface area contributed by atoms with E-state index in [1.165, 1.54) is 6.42 Å². The highest BCUT2D eigenvalue weighted by Gasteiger charge is 2.32. The second-order valence-corrected chi connectivity index (χ2v) is 5.79. The number of anilines is 2. The van der Waals surface area contributed by atoms with Crippen molar-refractivity contribution in [1.29, 1.82) is 0 Å². The molecule has 0 spiro atoms. The number of benzene rings is 1. The third-order valence-corrected chi connectivity index (χ3v) is 4.14. The van der Waals surface area contributed by atoms with Crippen LogP contribution in [-0.4, -0.2) is 29.7 Å². The highest BCUT2D eigenvalue weighted by atomic mass is 16.3. The van der Waals surface area contributed by atoms with Gasteiger partial charge in [-0.15, -0.1) is 0 Å². The largest absolute Gasteiger partial charge is 0.399 e. The van der Waals surface area contributed by atoms with E-state index in [4.69, 9.17) is 5.73 Å². The number of hydrogen-bond donors (Lipinski definition) is 4. The SMILES string of the molecule is CCNC(=O)c1ccc(N)cc1NC1(CO)CCCCC1. The topological polar surface area (TPSA) is 87.4 Å². The highest BCUT2D eigenvalue weighted by Crippen LogP contribution is 2.33. The number of amides is 1. The predicted molar refractivity (Wildman–Crippen MR) is 85.4 cm³/mol. The minimum atomic E-state index is -0.340. The van der Waals surface area contributed by atoms with Gasteiger partial charge >= 0.3 is 0 Å². The third-order valence-electron chi connectivity index (χ3n) is 4.14. The summed E-state index contributed by atoms with van der Waals surface area (Å²) in [6.07, 6.45) is 5.20. The van der Waals surface area contributed by atoms with E-state index in [9.17, 15) is 9.90 Å². The van der Waals surface area contributed by atoms with Gasteiger partial charge in [0.1, 0.15) is 0 Å². The summed E-state index contributed by atoms with van der Waals surface area (Å²) in [7, 11) is 0. The summed E-state index contributed by atoms with van der Waals surface area (Å²) in [4.78, 5) is 12.2. The second-order valence-electron chi connectivity index (χ2n) is 5.79. The quantitative estimate of drug-likeness (QED) is 0.626. The molecule has 1 saturated carbocycles. The first-order valence-corrected chi connectivity index (χ1v) is 7.67. The average Bonchev–Trinajstić information content (AvgIpc) is 2.48. The standard InChI is InChI=1S/C16H25N3O2/c1-2-18-15(21)13-7-6-12(17)10-14(13)19-16(11-20)8-4-3-5-9-16/h6-7,10,19-20H,2-5,8-9,11,17H2,1H3,(H,18,21). The Morgan fingerprint density at radius 2 is 2.05 bits per heavy atom. The molecular weight excluding hydrogens is 266 g/mol. The van der Waals surface area contributed by atoms with Crippen molar-refractivity contribution in [1.82, 2.24) is 5.32 Å². The maximum Gasteiger partial charge on any atom is 0.253 e. The summed E-state index contributed by atoms with van der Waals surface area (Å²) in [5, 5.41) is 16.0. The Morgan fingerprint density at radius 3 is 2.67 bits per heavy atom. The summed E-state index contributed by atoms with van der Waals surface area (Å²) in [6.45, 7) is 2.53. The Kier molecular flexibility index (Phi) is 5.07. The molecular formula is C16H25N3O2. The van der Waals surface area contributed by atoms with Crippen molar-refractivity contribution in [2.24, 2.45) is 0 Å². The van der Waals surface area contributed by atoms with Crippen molar-refractivity contribution < 1.29 is 9.90 Å². The monoisotopic (exact) mass is 291 g/mol. The summed E-state index contributed by atoms with van der Waals surface area (Å²) in [6, 6.07) is 5.23. The lowest BCUT2D eigenvalue weighted by molar-refractivity contribution is 0.0956. The molecule has 21 heavy (non-hydrogen) atoms. The van der Waals surface area contributed by atoms with E-state index >= 15 is 0 Å². The third kappa shape index (κ3) is 3.67. The molecule has 1 aliphatic carbocycles. The van der Waals surface area contributed by atoms with Gasteiger partial charge < -0.3 is 21.5 Å². The van der Waals surface area contributed by atoms with E-state index in [0.717, 1.165) is 25.7 Å². The maximum absolute atomic E-state index is 12.2. The number of carbonyl (C=O) groups is 1. The zero-order valence-electron chi connectivity index (χ0n) is 12.6. The summed E-state index contributed by atoms with van der Waals surface area (Å²) >= 11 is 0. The van der Waals surface area contributed by atoms with Crippen molar-refractivity contribution >= 4 is 17.3 Å². The molecule has 5 nitrogen and oxygen atoms in total. The molecule has 0 atom stereocenters. The van der Waals surface area contributed by atoms with Gasteiger partial charge in [-0.2, -0.15) is 0 Å². The van der Waals surface area contributed by atoms with Crippen LogP contribution in [0.3, 0.4) is 0 Å². The Labute approximate surface area is 125 Å². The molecule has 0 unspecified atom stereocenters. The number of rotatable bonds is 5. The Balaban J connectivity index is 2.28. The van der Waals surface area contributed by atoms with Crippen LogP contribution in [0.25, 0.3) is 0 Å². The van der Waals surface area contributed by atoms with E-state index in [1.54, 1.807) is 18.2 Å². The van der Waals surface area contributed by atoms with Crippen LogP contribution in [0.4, 0.5) is 11.4 Å². The Morgan fingerprint density at radius 1 is 1.33 bits per heavy atom. The van der Waals surface area contributed by atoms with Crippen molar-refractivity contribution in [2.75, 3.05) is 24.2 Å². The van der Waals surface area contributed by atoms with Gasteiger partial charge in [-0.3, -0.25) is 4.79 Å². The fraction of sp³-hybridized carbons (Fsp3) is 0.562. The van der Waals surface area contributed by atoms with Gasteiger partial charge in [0.15, 0.2) is 0 Å². The van der Waals surface area contributed by atoms with Gasteiger partial charge in [-0.1, -0.05) is 19.3 Å². The number of nitrogens with two attached hydrogens (primary N) is 1. The fourth-order valence-corrected chi connectivity index (χ4v) is 2.96. The molecule has 1 aromatic rings. The molecule has 0 aromatic heterocycles. The number of aliphatic hydroxyl groups excluding tert-OH is 1. The Hall–Kier alpha value is -1.75. The number of nitrogens with one attached hydrogen (secondary N) is 2. The zero-order chi connectivity index (χ0) is 15.3. The van der Waals surface area contributed by atoms with Crippen molar-refractivity contribution in [3.63, 3.8) is 0 Å². The van der Waals surface area contributed by atoms with Gasteiger partial charge in [0, 0.05) is 17.9 Å². The molecule has 0 radical (unpaired) electrons. The van der Waals surface area contributed by atoms with Crippen LogP contribution < -0.4 is 16.4 Å². The van der Waals surface area contributed by atoms with Crippen LogP contribution in [0, 0.1) is 0 Å². The minimum absolute atomic E-state index is 0.0661. The van der Waals surface area contributed by atoms with Gasteiger partial charge in [0.2, 0.25) is 0 Å². The molecule has 1 aliphatic rings. The van der Waals surface area contributed by atoms with Gasteiger partial charge in [0.05, 0.1) is 17.7 Å². The van der Waals surface area contributed by atoms with E-state index < -0.39 is 0 Å². The number of aliphatic hydroxyl groups is 1. The lowest BCUT2D eigenvalue weighted by Gasteiger charge is -2.38. The predicted octanol–water partition coefficient (Wildman–Crippen LogP) is 2.13. The molecule has 2 rings (SSSR count). The lowest BCUT2D eigenvalue weighted by atomic mass is 9.82.